The zero-order valence-corrected chi connectivity index (χ0v) is 13.4. The Balaban J connectivity index is 2.30. The molecule has 4 nitrogen and oxygen atoms in total. The van der Waals surface area contributed by atoms with E-state index in [-0.39, 0.29) is 6.04 Å². The lowest BCUT2D eigenvalue weighted by Crippen LogP contribution is -2.39. The largest absolute Gasteiger partial charge is 0.497 e. The molecule has 2 N–H and O–H groups in total. The molecule has 0 heterocycles. The van der Waals surface area contributed by atoms with Crippen LogP contribution in [0.4, 0.5) is 5.69 Å². The van der Waals surface area contributed by atoms with Crippen LogP contribution >= 0.6 is 0 Å². The Morgan fingerprint density at radius 1 is 1.09 bits per heavy atom. The molecular weight excluding hydrogens is 276 g/mol. The number of methoxy groups -OCH3 is 1. The minimum absolute atomic E-state index is 0.123. The minimum Gasteiger partial charge on any atom is -0.497 e. The van der Waals surface area contributed by atoms with Gasteiger partial charge < -0.3 is 20.1 Å². The van der Waals surface area contributed by atoms with Crippen molar-refractivity contribution in [1.82, 2.24) is 5.32 Å². The summed E-state index contributed by atoms with van der Waals surface area (Å²) in [4.78, 5) is 2.09. The SMILES string of the molecule is CNC[C@H](O)[C@@H](c1ccccc1)N(C)c1ccc(OC)cc1. The molecule has 0 spiro atoms. The van der Waals surface area contributed by atoms with E-state index in [0.717, 1.165) is 17.0 Å². The van der Waals surface area contributed by atoms with E-state index < -0.39 is 6.10 Å². The van der Waals surface area contributed by atoms with Crippen LogP contribution in [0.5, 0.6) is 5.75 Å². The molecule has 2 aromatic carbocycles. The summed E-state index contributed by atoms with van der Waals surface area (Å²) in [5.41, 5.74) is 2.12. The molecule has 0 saturated heterocycles. The van der Waals surface area contributed by atoms with E-state index in [0.29, 0.717) is 6.54 Å². The molecule has 2 atom stereocenters. The van der Waals surface area contributed by atoms with Crippen molar-refractivity contribution in [2.24, 2.45) is 0 Å². The van der Waals surface area contributed by atoms with E-state index in [4.69, 9.17) is 4.74 Å². The Morgan fingerprint density at radius 2 is 1.73 bits per heavy atom. The first kappa shape index (κ1) is 16.3. The van der Waals surface area contributed by atoms with Crippen LogP contribution < -0.4 is 15.0 Å². The van der Waals surface area contributed by atoms with Crippen molar-refractivity contribution in [2.75, 3.05) is 32.6 Å². The number of nitrogens with zero attached hydrogens (tertiary/aromatic N) is 1. The highest BCUT2D eigenvalue weighted by Crippen LogP contribution is 2.29. The van der Waals surface area contributed by atoms with Gasteiger partial charge in [-0.3, -0.25) is 0 Å². The molecule has 0 aliphatic heterocycles. The van der Waals surface area contributed by atoms with Crippen molar-refractivity contribution < 1.29 is 9.84 Å². The molecule has 4 heteroatoms. The Hall–Kier alpha value is -2.04. The average Bonchev–Trinajstić information content (AvgIpc) is 2.56. The van der Waals surface area contributed by atoms with Crippen molar-refractivity contribution in [3.8, 4) is 5.75 Å². The van der Waals surface area contributed by atoms with Crippen LogP contribution in [0.25, 0.3) is 0 Å². The van der Waals surface area contributed by atoms with Gasteiger partial charge in [0, 0.05) is 19.3 Å². The van der Waals surface area contributed by atoms with Gasteiger partial charge in [-0.2, -0.15) is 0 Å². The van der Waals surface area contributed by atoms with Gasteiger partial charge in [-0.1, -0.05) is 30.3 Å². The first-order valence-electron chi connectivity index (χ1n) is 7.42. The third-order valence-electron chi connectivity index (χ3n) is 3.82. The number of anilines is 1. The van der Waals surface area contributed by atoms with Crippen LogP contribution in [0.15, 0.2) is 54.6 Å². The summed E-state index contributed by atoms with van der Waals surface area (Å²) in [6.07, 6.45) is -0.514. The van der Waals surface area contributed by atoms with Crippen LogP contribution in [0, 0.1) is 0 Å². The van der Waals surface area contributed by atoms with Crippen LogP contribution in [0.1, 0.15) is 11.6 Å². The van der Waals surface area contributed by atoms with E-state index in [2.05, 4.69) is 10.2 Å². The number of rotatable bonds is 7. The minimum atomic E-state index is -0.514. The van der Waals surface area contributed by atoms with Gasteiger partial charge in [-0.05, 0) is 36.9 Å². The molecule has 0 aliphatic rings. The van der Waals surface area contributed by atoms with Gasteiger partial charge in [0.2, 0.25) is 0 Å². The maximum Gasteiger partial charge on any atom is 0.119 e. The first-order chi connectivity index (χ1) is 10.7. The maximum absolute atomic E-state index is 10.6. The number of aliphatic hydroxyl groups is 1. The molecule has 2 rings (SSSR count). The normalized spacial score (nSPS) is 13.5. The molecule has 0 saturated carbocycles. The summed E-state index contributed by atoms with van der Waals surface area (Å²) in [5, 5.41) is 13.6. The van der Waals surface area contributed by atoms with E-state index in [1.165, 1.54) is 0 Å². The van der Waals surface area contributed by atoms with Crippen molar-refractivity contribution in [3.05, 3.63) is 60.2 Å². The molecule has 0 aliphatic carbocycles. The second-order valence-electron chi connectivity index (χ2n) is 5.29. The van der Waals surface area contributed by atoms with Gasteiger partial charge in [0.15, 0.2) is 0 Å². The fourth-order valence-electron chi connectivity index (χ4n) is 2.65. The molecule has 0 unspecified atom stereocenters. The zero-order chi connectivity index (χ0) is 15.9. The van der Waals surface area contributed by atoms with Gasteiger partial charge in [0.1, 0.15) is 5.75 Å². The van der Waals surface area contributed by atoms with Gasteiger partial charge in [0.25, 0.3) is 0 Å². The van der Waals surface area contributed by atoms with Crippen molar-refractivity contribution in [3.63, 3.8) is 0 Å². The Bertz CT molecular complexity index is 557. The summed E-state index contributed by atoms with van der Waals surface area (Å²) < 4.78 is 5.20. The van der Waals surface area contributed by atoms with Crippen LogP contribution in [-0.2, 0) is 0 Å². The average molecular weight is 300 g/mol. The summed E-state index contributed by atoms with van der Waals surface area (Å²) in [6, 6.07) is 17.8. The molecule has 2 aromatic rings. The fraction of sp³-hybridized carbons (Fsp3) is 0.333. The van der Waals surface area contributed by atoms with Crippen molar-refractivity contribution in [1.29, 1.82) is 0 Å². The molecule has 0 aromatic heterocycles. The molecule has 0 bridgehead atoms. The quantitative estimate of drug-likeness (QED) is 0.824. The summed E-state index contributed by atoms with van der Waals surface area (Å²) in [6.45, 7) is 0.528. The highest BCUT2D eigenvalue weighted by molar-refractivity contribution is 5.51. The summed E-state index contributed by atoms with van der Waals surface area (Å²) in [7, 11) is 5.50. The van der Waals surface area contributed by atoms with Gasteiger partial charge >= 0.3 is 0 Å². The Morgan fingerprint density at radius 3 is 2.27 bits per heavy atom. The lowest BCUT2D eigenvalue weighted by atomic mass is 9.99. The van der Waals surface area contributed by atoms with Gasteiger partial charge in [-0.15, -0.1) is 0 Å². The second kappa shape index (κ2) is 7.82. The fourth-order valence-corrected chi connectivity index (χ4v) is 2.65. The van der Waals surface area contributed by atoms with Gasteiger partial charge in [0.05, 0.1) is 19.3 Å². The highest BCUT2D eigenvalue weighted by Gasteiger charge is 2.25. The van der Waals surface area contributed by atoms with Gasteiger partial charge in [-0.25, -0.2) is 0 Å². The molecule has 0 fully saturated rings. The standard InChI is InChI=1S/C18H24N2O2/c1-19-13-17(21)18(14-7-5-4-6-8-14)20(2)15-9-11-16(22-3)12-10-15/h4-12,17-19,21H,13H2,1-3H3/t17-,18+/m0/s1. The Labute approximate surface area is 132 Å². The molecule has 22 heavy (non-hydrogen) atoms. The number of hydrogen-bond donors (Lipinski definition) is 2. The molecular formula is C18H24N2O2. The zero-order valence-electron chi connectivity index (χ0n) is 13.4. The monoisotopic (exact) mass is 300 g/mol. The van der Waals surface area contributed by atoms with E-state index in [1.807, 2.05) is 68.7 Å². The predicted molar refractivity (Wildman–Crippen MR) is 90.5 cm³/mol. The molecule has 0 amide bonds. The maximum atomic E-state index is 10.6. The summed E-state index contributed by atoms with van der Waals surface area (Å²) >= 11 is 0. The third-order valence-corrected chi connectivity index (χ3v) is 3.82. The van der Waals surface area contributed by atoms with Crippen LogP contribution in [0.3, 0.4) is 0 Å². The number of hydrogen-bond acceptors (Lipinski definition) is 4. The lowest BCUT2D eigenvalue weighted by Gasteiger charge is -2.34. The lowest BCUT2D eigenvalue weighted by molar-refractivity contribution is 0.142. The van der Waals surface area contributed by atoms with Crippen LogP contribution in [-0.4, -0.2) is 39.0 Å². The van der Waals surface area contributed by atoms with Crippen molar-refractivity contribution in [2.45, 2.75) is 12.1 Å². The number of ether oxygens (including phenoxy) is 1. The molecule has 0 radical (unpaired) electrons. The first-order valence-corrected chi connectivity index (χ1v) is 7.42. The topological polar surface area (TPSA) is 44.7 Å². The number of aliphatic hydroxyl groups excluding tert-OH is 1. The van der Waals surface area contributed by atoms with Crippen LogP contribution in [0.2, 0.25) is 0 Å². The van der Waals surface area contributed by atoms with E-state index in [9.17, 15) is 5.11 Å². The number of benzene rings is 2. The third kappa shape index (κ3) is 3.78. The van der Waals surface area contributed by atoms with E-state index >= 15 is 0 Å². The second-order valence-corrected chi connectivity index (χ2v) is 5.29. The highest BCUT2D eigenvalue weighted by atomic mass is 16.5. The predicted octanol–water partition coefficient (Wildman–Crippen LogP) is 2.45. The van der Waals surface area contributed by atoms with Crippen molar-refractivity contribution >= 4 is 5.69 Å². The number of likely N-dealkylation sites (N-methyl/N-ethyl adjacent to an activating group) is 2. The van der Waals surface area contributed by atoms with E-state index in [1.54, 1.807) is 7.11 Å². The summed E-state index contributed by atoms with van der Waals surface area (Å²) in [5.74, 6) is 0.823. The number of nitrogens with one attached hydrogen (secondary N) is 1. The smallest absolute Gasteiger partial charge is 0.119 e. The molecule has 118 valence electrons. The Kier molecular flexibility index (Phi) is 5.81.